The molecule has 0 N–H and O–H groups in total. The molecule has 0 aromatic rings. The number of rotatable bonds is 2. The van der Waals surface area contributed by atoms with Crippen molar-refractivity contribution in [1.29, 1.82) is 0 Å². The molecule has 0 nitrogen and oxygen atoms in total. The third-order valence-corrected chi connectivity index (χ3v) is 1.80. The number of hydrogen-bond donors (Lipinski definition) is 0. The highest BCUT2D eigenvalue weighted by Gasteiger charge is 2.09. The Morgan fingerprint density at radius 2 is 1.12 bits per heavy atom. The van der Waals surface area contributed by atoms with Gasteiger partial charge in [-0.3, -0.25) is 0 Å². The van der Waals surface area contributed by atoms with Crippen molar-refractivity contribution in [2.75, 3.05) is 0 Å². The minimum atomic E-state index is 0.530. The van der Waals surface area contributed by atoms with E-state index in [0.717, 1.165) is 0 Å². The van der Waals surface area contributed by atoms with Crippen molar-refractivity contribution in [2.24, 2.45) is 17.8 Å². The molecule has 0 aliphatic rings. The summed E-state index contributed by atoms with van der Waals surface area (Å²) in [5.74, 6) is 1.71. The first-order chi connectivity index (χ1) is 3.55. The zero-order chi connectivity index (χ0) is 6.73. The maximum atomic E-state index is 3.92. The van der Waals surface area contributed by atoms with Gasteiger partial charge in [0, 0.05) is 0 Å². The maximum Gasteiger partial charge on any atom is -0.0391 e. The summed E-state index contributed by atoms with van der Waals surface area (Å²) >= 11 is 0. The summed E-state index contributed by atoms with van der Waals surface area (Å²) in [7, 11) is 0. The van der Waals surface area contributed by atoms with Gasteiger partial charge in [0.25, 0.3) is 0 Å². The molecule has 2 unspecified atom stereocenters. The van der Waals surface area contributed by atoms with Crippen molar-refractivity contribution in [3.05, 3.63) is 13.8 Å². The number of hydrogen-bond acceptors (Lipinski definition) is 0. The molecule has 0 spiro atoms. The van der Waals surface area contributed by atoms with Crippen molar-refractivity contribution in [1.82, 2.24) is 0 Å². The molecule has 0 saturated heterocycles. The molecule has 8 heavy (non-hydrogen) atoms. The van der Waals surface area contributed by atoms with Crippen LogP contribution in [0.25, 0.3) is 0 Å². The van der Waals surface area contributed by atoms with Crippen LogP contribution in [0.15, 0.2) is 0 Å². The summed E-state index contributed by atoms with van der Waals surface area (Å²) in [4.78, 5) is 0. The molecule has 48 valence electrons. The molecule has 0 aliphatic heterocycles. The van der Waals surface area contributed by atoms with E-state index in [0.29, 0.717) is 17.8 Å². The fraction of sp³-hybridized carbons (Fsp3) is 0.750. The zero-order valence-electron chi connectivity index (χ0n) is 6.15. The van der Waals surface area contributed by atoms with E-state index in [1.807, 2.05) is 0 Å². The van der Waals surface area contributed by atoms with Gasteiger partial charge in [-0.15, -0.1) is 0 Å². The first-order valence-electron chi connectivity index (χ1n) is 3.22. The van der Waals surface area contributed by atoms with Gasteiger partial charge in [0.05, 0.1) is 0 Å². The summed E-state index contributed by atoms with van der Waals surface area (Å²) in [5.41, 5.74) is 0. The summed E-state index contributed by atoms with van der Waals surface area (Å²) in [6, 6.07) is 0. The smallest absolute Gasteiger partial charge is 0.0391 e. The second-order valence-corrected chi connectivity index (χ2v) is 2.81. The van der Waals surface area contributed by atoms with Gasteiger partial charge < -0.3 is 0 Å². The molecule has 0 aromatic carbocycles. The molecule has 0 saturated carbocycles. The van der Waals surface area contributed by atoms with Gasteiger partial charge in [0.2, 0.25) is 0 Å². The lowest BCUT2D eigenvalue weighted by atomic mass is 9.88. The topological polar surface area (TPSA) is 0 Å². The highest BCUT2D eigenvalue weighted by Crippen LogP contribution is 2.17. The summed E-state index contributed by atoms with van der Waals surface area (Å²) in [6.07, 6.45) is 0. The molecule has 0 heterocycles. The Balaban J connectivity index is 3.46. The first kappa shape index (κ1) is 8.00. The van der Waals surface area contributed by atoms with Crippen LogP contribution in [0.2, 0.25) is 0 Å². The minimum Gasteiger partial charge on any atom is -0.0622 e. The Morgan fingerprint density at radius 1 is 0.875 bits per heavy atom. The van der Waals surface area contributed by atoms with E-state index in [9.17, 15) is 0 Å². The third-order valence-electron chi connectivity index (χ3n) is 1.80. The van der Waals surface area contributed by atoms with Crippen molar-refractivity contribution in [2.45, 2.75) is 20.8 Å². The standard InChI is InChI=1S/C8H16/c1-6(2)8(5)7(3)4/h6-8H,1,3H2,2,4-5H3. The quantitative estimate of drug-likeness (QED) is 0.515. The van der Waals surface area contributed by atoms with Crippen LogP contribution in [0.4, 0.5) is 0 Å². The summed E-state index contributed by atoms with van der Waals surface area (Å²) < 4.78 is 0. The van der Waals surface area contributed by atoms with E-state index in [1.165, 1.54) is 0 Å². The van der Waals surface area contributed by atoms with Gasteiger partial charge in [-0.1, -0.05) is 34.6 Å². The highest BCUT2D eigenvalue weighted by atomic mass is 14.2. The van der Waals surface area contributed by atoms with Gasteiger partial charge in [0.15, 0.2) is 0 Å². The van der Waals surface area contributed by atoms with Gasteiger partial charge in [-0.25, -0.2) is 0 Å². The molecule has 0 aromatic heterocycles. The van der Waals surface area contributed by atoms with Crippen LogP contribution in [0.5, 0.6) is 0 Å². The molecule has 2 radical (unpaired) electrons. The van der Waals surface area contributed by atoms with E-state index in [4.69, 9.17) is 0 Å². The minimum absolute atomic E-state index is 0.530. The maximum absolute atomic E-state index is 3.92. The average molecular weight is 112 g/mol. The van der Waals surface area contributed by atoms with E-state index in [1.54, 1.807) is 0 Å². The normalized spacial score (nSPS) is 12.0. The Morgan fingerprint density at radius 3 is 1.12 bits per heavy atom. The third kappa shape index (κ3) is 2.34. The van der Waals surface area contributed by atoms with Crippen LogP contribution in [0.3, 0.4) is 0 Å². The van der Waals surface area contributed by atoms with Crippen LogP contribution >= 0.6 is 0 Å². The van der Waals surface area contributed by atoms with E-state index in [2.05, 4.69) is 34.6 Å². The lowest BCUT2D eigenvalue weighted by Crippen LogP contribution is -2.10. The van der Waals surface area contributed by atoms with Gasteiger partial charge >= 0.3 is 0 Å². The highest BCUT2D eigenvalue weighted by molar-refractivity contribution is 4.70. The van der Waals surface area contributed by atoms with Crippen LogP contribution in [-0.4, -0.2) is 0 Å². The lowest BCUT2D eigenvalue weighted by molar-refractivity contribution is 0.367. The molecule has 0 amide bonds. The lowest BCUT2D eigenvalue weighted by Gasteiger charge is -2.18. The van der Waals surface area contributed by atoms with Crippen LogP contribution in [0, 0.1) is 31.6 Å². The van der Waals surface area contributed by atoms with Crippen LogP contribution in [0.1, 0.15) is 20.8 Å². The Bertz CT molecular complexity index is 45.1. The van der Waals surface area contributed by atoms with Gasteiger partial charge in [-0.05, 0) is 17.8 Å². The monoisotopic (exact) mass is 112 g/mol. The second-order valence-electron chi connectivity index (χ2n) is 2.81. The van der Waals surface area contributed by atoms with Crippen molar-refractivity contribution >= 4 is 0 Å². The fourth-order valence-electron chi connectivity index (χ4n) is 0.561. The van der Waals surface area contributed by atoms with Crippen LogP contribution < -0.4 is 0 Å². The molecule has 0 fully saturated rings. The van der Waals surface area contributed by atoms with Gasteiger partial charge in [-0.2, -0.15) is 0 Å². The summed E-state index contributed by atoms with van der Waals surface area (Å²) in [6.45, 7) is 14.3. The molecule has 0 bridgehead atoms. The average Bonchev–Trinajstić information content (AvgIpc) is 1.64. The van der Waals surface area contributed by atoms with Crippen LogP contribution in [-0.2, 0) is 0 Å². The van der Waals surface area contributed by atoms with E-state index >= 15 is 0 Å². The van der Waals surface area contributed by atoms with E-state index < -0.39 is 0 Å². The molecule has 0 heteroatoms. The SMILES string of the molecule is [CH2]C(C)C(C)C([CH2])C. The van der Waals surface area contributed by atoms with E-state index in [-0.39, 0.29) is 0 Å². The molecular formula is C8H16. The Kier molecular flexibility index (Phi) is 3.11. The van der Waals surface area contributed by atoms with Crippen molar-refractivity contribution in [3.63, 3.8) is 0 Å². The Labute approximate surface area is 53.3 Å². The fourth-order valence-corrected chi connectivity index (χ4v) is 0.561. The second kappa shape index (κ2) is 3.11. The van der Waals surface area contributed by atoms with Gasteiger partial charge in [0.1, 0.15) is 0 Å². The Hall–Kier alpha value is 0. The molecule has 0 rings (SSSR count). The zero-order valence-corrected chi connectivity index (χ0v) is 6.15. The predicted molar refractivity (Wildman–Crippen MR) is 38.2 cm³/mol. The first-order valence-corrected chi connectivity index (χ1v) is 3.22. The molecular weight excluding hydrogens is 96.1 g/mol. The summed E-state index contributed by atoms with van der Waals surface area (Å²) in [5, 5.41) is 0. The molecule has 2 atom stereocenters. The largest absolute Gasteiger partial charge is 0.0622 e. The molecule has 0 aliphatic carbocycles. The predicted octanol–water partition coefficient (Wildman–Crippen LogP) is 2.56. The van der Waals surface area contributed by atoms with Crippen molar-refractivity contribution in [3.8, 4) is 0 Å². The van der Waals surface area contributed by atoms with Crippen molar-refractivity contribution < 1.29 is 0 Å².